The van der Waals surface area contributed by atoms with E-state index in [-0.39, 0.29) is 11.8 Å². The summed E-state index contributed by atoms with van der Waals surface area (Å²) in [5.74, 6) is 1.67. The van der Waals surface area contributed by atoms with Gasteiger partial charge in [-0.2, -0.15) is 0 Å². The molecule has 0 bridgehead atoms. The van der Waals surface area contributed by atoms with Gasteiger partial charge in [-0.05, 0) is 39.3 Å². The van der Waals surface area contributed by atoms with Crippen molar-refractivity contribution in [2.24, 2.45) is 5.73 Å². The van der Waals surface area contributed by atoms with Crippen molar-refractivity contribution < 1.29 is 13.9 Å². The molecule has 3 N–H and O–H groups in total. The number of fused-ring (bicyclic) bond motifs is 2. The van der Waals surface area contributed by atoms with Crippen LogP contribution in [-0.4, -0.2) is 11.1 Å². The molecule has 0 amide bonds. The van der Waals surface area contributed by atoms with Crippen LogP contribution in [0, 0.1) is 13.8 Å². The summed E-state index contributed by atoms with van der Waals surface area (Å²) in [5, 5.41) is 11.9. The van der Waals surface area contributed by atoms with Gasteiger partial charge >= 0.3 is 0 Å². The van der Waals surface area contributed by atoms with Crippen LogP contribution in [0.3, 0.4) is 0 Å². The van der Waals surface area contributed by atoms with Gasteiger partial charge in [0.05, 0.1) is 5.39 Å². The Morgan fingerprint density at radius 1 is 1.11 bits per heavy atom. The Morgan fingerprint density at radius 3 is 2.32 bits per heavy atom. The Kier molecular flexibility index (Phi) is 2.57. The Morgan fingerprint density at radius 2 is 1.68 bits per heavy atom. The Labute approximate surface area is 110 Å². The summed E-state index contributed by atoms with van der Waals surface area (Å²) in [7, 11) is 0. The van der Waals surface area contributed by atoms with Crippen molar-refractivity contribution in [1.29, 1.82) is 0 Å². The summed E-state index contributed by atoms with van der Waals surface area (Å²) in [6, 6.07) is 3.76. The molecule has 0 radical (unpaired) electrons. The number of hydrogen-bond acceptors (Lipinski definition) is 4. The van der Waals surface area contributed by atoms with E-state index >= 15 is 0 Å². The predicted octanol–water partition coefficient (Wildman–Crippen LogP) is 3.39. The average Bonchev–Trinajstić information content (AvgIpc) is 2.87. The lowest BCUT2D eigenvalue weighted by Gasteiger charge is -2.08. The number of hydrogen-bond donors (Lipinski definition) is 2. The molecule has 0 aliphatic carbocycles. The first-order chi connectivity index (χ1) is 8.97. The molecule has 0 aliphatic heterocycles. The van der Waals surface area contributed by atoms with Gasteiger partial charge in [-0.3, -0.25) is 0 Å². The first-order valence-electron chi connectivity index (χ1n) is 6.37. The van der Waals surface area contributed by atoms with Gasteiger partial charge in [0.15, 0.2) is 11.3 Å². The van der Waals surface area contributed by atoms with E-state index in [1.165, 1.54) is 0 Å². The third-order valence-corrected chi connectivity index (χ3v) is 3.31. The minimum Gasteiger partial charge on any atom is -0.504 e. The standard InChI is InChI=1S/C15H17NO3/c1-7(16)4-10-11-5-8(2)19-15(11)13(17)12-6-9(3)18-14(10)12/h5-7,17H,4,16H2,1-3H3. The Balaban J connectivity index is 2.47. The third kappa shape index (κ3) is 1.79. The molecule has 4 heteroatoms. The smallest absolute Gasteiger partial charge is 0.177 e. The lowest BCUT2D eigenvalue weighted by atomic mass is 10.00. The molecule has 19 heavy (non-hydrogen) atoms. The van der Waals surface area contributed by atoms with E-state index in [2.05, 4.69) is 0 Å². The molecule has 3 aromatic rings. The normalized spacial score (nSPS) is 13.5. The van der Waals surface area contributed by atoms with Crippen LogP contribution in [0.1, 0.15) is 24.0 Å². The highest BCUT2D eigenvalue weighted by Gasteiger charge is 2.20. The van der Waals surface area contributed by atoms with Crippen molar-refractivity contribution >= 4 is 21.9 Å². The molecule has 0 aliphatic rings. The summed E-state index contributed by atoms with van der Waals surface area (Å²) in [5.41, 5.74) is 8.15. The zero-order chi connectivity index (χ0) is 13.7. The summed E-state index contributed by atoms with van der Waals surface area (Å²) < 4.78 is 11.3. The summed E-state index contributed by atoms with van der Waals surface area (Å²) in [6.45, 7) is 5.68. The van der Waals surface area contributed by atoms with E-state index in [0.717, 1.165) is 22.5 Å². The first-order valence-corrected chi connectivity index (χ1v) is 6.37. The molecule has 1 aromatic carbocycles. The van der Waals surface area contributed by atoms with Gasteiger partial charge in [-0.25, -0.2) is 0 Å². The molecule has 0 spiro atoms. The van der Waals surface area contributed by atoms with Crippen LogP contribution in [0.5, 0.6) is 5.75 Å². The summed E-state index contributed by atoms with van der Waals surface area (Å²) in [4.78, 5) is 0. The van der Waals surface area contributed by atoms with Crippen molar-refractivity contribution in [3.63, 3.8) is 0 Å². The molecule has 100 valence electrons. The molecule has 0 saturated heterocycles. The minimum atomic E-state index is 0.0107. The lowest BCUT2D eigenvalue weighted by molar-refractivity contribution is 0.466. The topological polar surface area (TPSA) is 72.5 Å². The summed E-state index contributed by atoms with van der Waals surface area (Å²) in [6.07, 6.45) is 0.680. The van der Waals surface area contributed by atoms with Gasteiger partial charge in [0.25, 0.3) is 0 Å². The van der Waals surface area contributed by atoms with Gasteiger partial charge in [0.1, 0.15) is 17.1 Å². The monoisotopic (exact) mass is 259 g/mol. The molecule has 0 saturated carbocycles. The van der Waals surface area contributed by atoms with Crippen LogP contribution in [0.2, 0.25) is 0 Å². The van der Waals surface area contributed by atoms with Gasteiger partial charge in [0.2, 0.25) is 0 Å². The van der Waals surface area contributed by atoms with Crippen LogP contribution in [0.15, 0.2) is 21.0 Å². The fraction of sp³-hybridized carbons (Fsp3) is 0.333. The van der Waals surface area contributed by atoms with E-state index in [9.17, 15) is 5.11 Å². The Hall–Kier alpha value is -1.94. The van der Waals surface area contributed by atoms with Crippen molar-refractivity contribution in [3.8, 4) is 5.75 Å². The molecule has 2 aromatic heterocycles. The number of nitrogens with two attached hydrogens (primary N) is 1. The fourth-order valence-electron chi connectivity index (χ4n) is 2.60. The van der Waals surface area contributed by atoms with E-state index < -0.39 is 0 Å². The SMILES string of the molecule is Cc1cc2c(CC(C)N)c3oc(C)cc3c(O)c2o1. The second-order valence-corrected chi connectivity index (χ2v) is 5.21. The van der Waals surface area contributed by atoms with Crippen LogP contribution >= 0.6 is 0 Å². The first kappa shape index (κ1) is 12.1. The molecular weight excluding hydrogens is 242 g/mol. The van der Waals surface area contributed by atoms with Gasteiger partial charge < -0.3 is 19.7 Å². The average molecular weight is 259 g/mol. The van der Waals surface area contributed by atoms with Gasteiger partial charge in [-0.1, -0.05) is 0 Å². The predicted molar refractivity (Wildman–Crippen MR) is 74.5 cm³/mol. The summed E-state index contributed by atoms with van der Waals surface area (Å²) >= 11 is 0. The van der Waals surface area contributed by atoms with Gasteiger partial charge in [0, 0.05) is 17.0 Å². The number of aromatic hydroxyl groups is 1. The van der Waals surface area contributed by atoms with Crippen LogP contribution in [0.25, 0.3) is 21.9 Å². The van der Waals surface area contributed by atoms with Crippen molar-refractivity contribution in [1.82, 2.24) is 0 Å². The maximum Gasteiger partial charge on any atom is 0.177 e. The van der Waals surface area contributed by atoms with Crippen LogP contribution in [0.4, 0.5) is 0 Å². The van der Waals surface area contributed by atoms with E-state index in [0.29, 0.717) is 23.0 Å². The third-order valence-electron chi connectivity index (χ3n) is 3.31. The Bertz CT molecular complexity index is 707. The van der Waals surface area contributed by atoms with Crippen molar-refractivity contribution in [2.75, 3.05) is 0 Å². The molecule has 0 fully saturated rings. The number of furan rings is 2. The lowest BCUT2D eigenvalue weighted by Crippen LogP contribution is -2.18. The van der Waals surface area contributed by atoms with E-state index in [1.807, 2.05) is 32.9 Å². The quantitative estimate of drug-likeness (QED) is 0.740. The largest absolute Gasteiger partial charge is 0.504 e. The molecule has 1 unspecified atom stereocenters. The number of benzene rings is 1. The number of phenols is 1. The highest BCUT2D eigenvalue weighted by molar-refractivity contribution is 6.04. The van der Waals surface area contributed by atoms with Crippen LogP contribution < -0.4 is 5.73 Å². The molecule has 1 atom stereocenters. The second-order valence-electron chi connectivity index (χ2n) is 5.21. The number of rotatable bonds is 2. The highest BCUT2D eigenvalue weighted by atomic mass is 16.4. The van der Waals surface area contributed by atoms with E-state index in [4.69, 9.17) is 14.6 Å². The van der Waals surface area contributed by atoms with Crippen molar-refractivity contribution in [2.45, 2.75) is 33.2 Å². The molecule has 3 rings (SSSR count). The van der Waals surface area contributed by atoms with Crippen LogP contribution in [-0.2, 0) is 6.42 Å². The maximum absolute atomic E-state index is 10.3. The zero-order valence-electron chi connectivity index (χ0n) is 11.3. The molecule has 4 nitrogen and oxygen atoms in total. The molecule has 2 heterocycles. The molecular formula is C15H17NO3. The number of aryl methyl sites for hydroxylation is 2. The zero-order valence-corrected chi connectivity index (χ0v) is 11.3. The van der Waals surface area contributed by atoms with E-state index in [1.54, 1.807) is 0 Å². The van der Waals surface area contributed by atoms with Crippen molar-refractivity contribution in [3.05, 3.63) is 29.2 Å². The fourth-order valence-corrected chi connectivity index (χ4v) is 2.60. The minimum absolute atomic E-state index is 0.0107. The highest BCUT2D eigenvalue weighted by Crippen LogP contribution is 2.40. The second kappa shape index (κ2) is 4.03. The number of phenolic OH excluding ortho intramolecular Hbond substituents is 1. The van der Waals surface area contributed by atoms with Gasteiger partial charge in [-0.15, -0.1) is 0 Å². The maximum atomic E-state index is 10.3.